The van der Waals surface area contributed by atoms with Crippen LogP contribution in [0.2, 0.25) is 0 Å². The normalized spacial score (nSPS) is 29.1. The van der Waals surface area contributed by atoms with Crippen molar-refractivity contribution in [2.75, 3.05) is 6.61 Å². The number of nitrogens with one attached hydrogen (secondary N) is 1. The number of aromatic amines is 1. The van der Waals surface area contributed by atoms with Crippen LogP contribution in [0, 0.1) is 0 Å². The summed E-state index contributed by atoms with van der Waals surface area (Å²) in [7, 11) is 0. The molecule has 0 aromatic carbocycles. The SMILES string of the molecule is [N-]=[N+]=Nc1cc(=O)[nH]c(=O)n1[C@@H]1O[C@H](CO)[C@@H](O)[C@H]1F. The highest BCUT2D eigenvalue weighted by molar-refractivity contribution is 5.26. The van der Waals surface area contributed by atoms with Crippen LogP contribution < -0.4 is 11.2 Å². The molecule has 1 fully saturated rings. The third kappa shape index (κ3) is 2.30. The minimum Gasteiger partial charge on any atom is -0.394 e. The van der Waals surface area contributed by atoms with E-state index in [4.69, 9.17) is 15.4 Å². The van der Waals surface area contributed by atoms with Gasteiger partial charge in [-0.3, -0.25) is 14.3 Å². The standard InChI is InChI=1S/C9H10FN5O5/c10-6-7(18)3(2-16)20-8(6)15-4(13-14-11)1-5(17)12-9(15)19/h1,3,6-8,16,18H,2H2,(H,12,17,19)/t3-,6-,7-,8-/m1/s1. The Kier molecular flexibility index (Phi) is 3.86. The molecule has 0 saturated carbocycles. The van der Waals surface area contributed by atoms with E-state index in [1.165, 1.54) is 0 Å². The van der Waals surface area contributed by atoms with Crippen molar-refractivity contribution < 1.29 is 19.3 Å². The van der Waals surface area contributed by atoms with Crippen LogP contribution in [0.5, 0.6) is 0 Å². The molecule has 4 atom stereocenters. The van der Waals surface area contributed by atoms with E-state index in [0.717, 1.165) is 6.07 Å². The van der Waals surface area contributed by atoms with Gasteiger partial charge in [0.25, 0.3) is 5.56 Å². The zero-order chi connectivity index (χ0) is 14.9. The summed E-state index contributed by atoms with van der Waals surface area (Å²) in [5.41, 5.74) is 6.50. The van der Waals surface area contributed by atoms with Gasteiger partial charge >= 0.3 is 5.69 Å². The maximum atomic E-state index is 13.9. The maximum absolute atomic E-state index is 13.9. The van der Waals surface area contributed by atoms with Gasteiger partial charge in [0.05, 0.1) is 6.61 Å². The number of halogens is 1. The summed E-state index contributed by atoms with van der Waals surface area (Å²) < 4.78 is 19.5. The predicted molar refractivity (Wildman–Crippen MR) is 62.0 cm³/mol. The highest BCUT2D eigenvalue weighted by Gasteiger charge is 2.45. The first-order chi connectivity index (χ1) is 9.49. The maximum Gasteiger partial charge on any atom is 0.330 e. The fraction of sp³-hybridized carbons (Fsp3) is 0.556. The predicted octanol–water partition coefficient (Wildman–Crippen LogP) is -0.933. The summed E-state index contributed by atoms with van der Waals surface area (Å²) in [6, 6.07) is 0.788. The van der Waals surface area contributed by atoms with Crippen molar-refractivity contribution in [3.8, 4) is 0 Å². The number of azide groups is 1. The second-order valence-corrected chi connectivity index (χ2v) is 4.04. The summed E-state index contributed by atoms with van der Waals surface area (Å²) in [5.74, 6) is -0.459. The fourth-order valence-electron chi connectivity index (χ4n) is 1.92. The smallest absolute Gasteiger partial charge is 0.330 e. The van der Waals surface area contributed by atoms with Crippen molar-refractivity contribution in [2.45, 2.75) is 24.6 Å². The van der Waals surface area contributed by atoms with Crippen LogP contribution in [0.4, 0.5) is 10.2 Å². The van der Waals surface area contributed by atoms with Gasteiger partial charge in [0.2, 0.25) is 0 Å². The third-order valence-electron chi connectivity index (χ3n) is 2.83. The molecular formula is C9H10FN5O5. The first-order valence-electron chi connectivity index (χ1n) is 5.49. The number of hydrogen-bond acceptors (Lipinski definition) is 6. The summed E-state index contributed by atoms with van der Waals surface area (Å²) in [5, 5.41) is 21.5. The van der Waals surface area contributed by atoms with Gasteiger partial charge < -0.3 is 14.9 Å². The molecule has 11 heteroatoms. The summed E-state index contributed by atoms with van der Waals surface area (Å²) in [4.78, 5) is 27.1. The van der Waals surface area contributed by atoms with E-state index in [2.05, 4.69) is 10.0 Å². The minimum atomic E-state index is -2.04. The minimum absolute atomic E-state index is 0.459. The monoisotopic (exact) mass is 287 g/mol. The van der Waals surface area contributed by atoms with Crippen molar-refractivity contribution >= 4 is 5.82 Å². The lowest BCUT2D eigenvalue weighted by atomic mass is 10.1. The number of rotatable bonds is 3. The van der Waals surface area contributed by atoms with Gasteiger partial charge in [0, 0.05) is 11.0 Å². The van der Waals surface area contributed by atoms with Crippen LogP contribution in [-0.2, 0) is 4.74 Å². The number of aromatic nitrogens is 2. The molecule has 1 aliphatic rings. The Morgan fingerprint density at radius 1 is 1.60 bits per heavy atom. The molecule has 20 heavy (non-hydrogen) atoms. The van der Waals surface area contributed by atoms with E-state index in [-0.39, 0.29) is 0 Å². The molecule has 0 radical (unpaired) electrons. The molecule has 0 spiro atoms. The lowest BCUT2D eigenvalue weighted by Gasteiger charge is -2.17. The van der Waals surface area contributed by atoms with E-state index >= 15 is 0 Å². The number of hydrogen-bond donors (Lipinski definition) is 3. The Morgan fingerprint density at radius 3 is 2.85 bits per heavy atom. The average Bonchev–Trinajstić information content (AvgIpc) is 2.66. The number of ether oxygens (including phenoxy) is 1. The van der Waals surface area contributed by atoms with Crippen LogP contribution in [0.3, 0.4) is 0 Å². The first-order valence-corrected chi connectivity index (χ1v) is 5.49. The van der Waals surface area contributed by atoms with Crippen LogP contribution in [-0.4, -0.2) is 44.8 Å². The Morgan fingerprint density at radius 2 is 2.30 bits per heavy atom. The molecule has 2 rings (SSSR count). The quantitative estimate of drug-likeness (QED) is 0.372. The Labute approximate surface area is 109 Å². The number of alkyl halides is 1. The van der Waals surface area contributed by atoms with Gasteiger partial charge in [0.15, 0.2) is 12.4 Å². The van der Waals surface area contributed by atoms with Crippen LogP contribution in [0.15, 0.2) is 20.8 Å². The molecule has 10 nitrogen and oxygen atoms in total. The Hall–Kier alpha value is -2.20. The first kappa shape index (κ1) is 14.2. The van der Waals surface area contributed by atoms with Crippen molar-refractivity contribution in [3.63, 3.8) is 0 Å². The van der Waals surface area contributed by atoms with Crippen LogP contribution in [0.1, 0.15) is 6.23 Å². The molecule has 108 valence electrons. The van der Waals surface area contributed by atoms with E-state index in [1.54, 1.807) is 0 Å². The molecular weight excluding hydrogens is 277 g/mol. The second kappa shape index (κ2) is 5.43. The van der Waals surface area contributed by atoms with Gasteiger partial charge in [0.1, 0.15) is 18.0 Å². The number of aliphatic hydroxyl groups excluding tert-OH is 2. The number of aliphatic hydroxyl groups is 2. The lowest BCUT2D eigenvalue weighted by Crippen LogP contribution is -2.36. The largest absolute Gasteiger partial charge is 0.394 e. The van der Waals surface area contributed by atoms with Gasteiger partial charge in [-0.2, -0.15) is 0 Å². The van der Waals surface area contributed by atoms with E-state index in [0.29, 0.717) is 4.57 Å². The van der Waals surface area contributed by atoms with E-state index < -0.39 is 48.3 Å². The van der Waals surface area contributed by atoms with Crippen LogP contribution in [0.25, 0.3) is 10.4 Å². The Bertz CT molecular complexity index is 665. The van der Waals surface area contributed by atoms with Crippen molar-refractivity contribution in [1.82, 2.24) is 9.55 Å². The molecule has 0 aliphatic carbocycles. The molecule has 1 aromatic rings. The van der Waals surface area contributed by atoms with Crippen molar-refractivity contribution in [1.29, 1.82) is 0 Å². The molecule has 1 saturated heterocycles. The molecule has 1 aromatic heterocycles. The molecule has 1 aliphatic heterocycles. The van der Waals surface area contributed by atoms with Gasteiger partial charge in [-0.1, -0.05) is 0 Å². The van der Waals surface area contributed by atoms with Crippen molar-refractivity contribution in [3.05, 3.63) is 37.3 Å². The van der Waals surface area contributed by atoms with E-state index in [1.807, 2.05) is 4.98 Å². The molecule has 0 unspecified atom stereocenters. The molecule has 0 bridgehead atoms. The molecule has 0 amide bonds. The Balaban J connectivity index is 2.56. The number of nitrogens with zero attached hydrogens (tertiary/aromatic N) is 4. The number of H-pyrrole nitrogens is 1. The summed E-state index contributed by atoms with van der Waals surface area (Å²) >= 11 is 0. The van der Waals surface area contributed by atoms with Crippen molar-refractivity contribution in [2.24, 2.45) is 5.11 Å². The summed E-state index contributed by atoms with van der Waals surface area (Å²) in [6.45, 7) is -0.660. The zero-order valence-corrected chi connectivity index (χ0v) is 9.88. The highest BCUT2D eigenvalue weighted by Crippen LogP contribution is 2.32. The van der Waals surface area contributed by atoms with Gasteiger partial charge in [-0.25, -0.2) is 9.18 Å². The second-order valence-electron chi connectivity index (χ2n) is 4.04. The van der Waals surface area contributed by atoms with Crippen LogP contribution >= 0.6 is 0 Å². The van der Waals surface area contributed by atoms with Gasteiger partial charge in [-0.15, -0.1) is 0 Å². The highest BCUT2D eigenvalue weighted by atomic mass is 19.1. The van der Waals surface area contributed by atoms with E-state index in [9.17, 15) is 19.1 Å². The van der Waals surface area contributed by atoms with Gasteiger partial charge in [-0.05, 0) is 10.6 Å². The zero-order valence-electron chi connectivity index (χ0n) is 9.88. The molecule has 3 N–H and O–H groups in total. The molecule has 2 heterocycles. The fourth-order valence-corrected chi connectivity index (χ4v) is 1.92. The topological polar surface area (TPSA) is 153 Å². The summed E-state index contributed by atoms with van der Waals surface area (Å²) in [6.07, 6.45) is -6.54. The average molecular weight is 287 g/mol. The lowest BCUT2D eigenvalue weighted by molar-refractivity contribution is -0.0484. The third-order valence-corrected chi connectivity index (χ3v) is 2.83.